The van der Waals surface area contributed by atoms with Crippen LogP contribution in [0.2, 0.25) is 5.02 Å². The Balaban J connectivity index is 1.60. The van der Waals surface area contributed by atoms with E-state index in [0.29, 0.717) is 29.2 Å². The monoisotopic (exact) mass is 490 g/mol. The number of benzene rings is 3. The van der Waals surface area contributed by atoms with Gasteiger partial charge in [-0.1, -0.05) is 35.4 Å². The van der Waals surface area contributed by atoms with E-state index in [-0.39, 0.29) is 16.3 Å². The first-order valence-corrected chi connectivity index (χ1v) is 13.3. The Morgan fingerprint density at radius 2 is 1.59 bits per heavy atom. The molecule has 0 bridgehead atoms. The molecule has 3 aromatic carbocycles. The van der Waals surface area contributed by atoms with Crippen LogP contribution in [0.25, 0.3) is 0 Å². The average molecular weight is 491 g/mol. The summed E-state index contributed by atoms with van der Waals surface area (Å²) in [5.41, 5.74) is 3.82. The van der Waals surface area contributed by atoms with Gasteiger partial charge in [-0.2, -0.15) is 4.31 Å². The fraction of sp³-hybridized carbons (Fsp3) is 0.217. The molecule has 1 aliphatic heterocycles. The largest absolute Gasteiger partial charge is 0.280 e. The molecule has 6 nitrogen and oxygen atoms in total. The zero-order valence-corrected chi connectivity index (χ0v) is 20.1. The minimum absolute atomic E-state index is 0.166. The van der Waals surface area contributed by atoms with E-state index < -0.39 is 20.0 Å². The van der Waals surface area contributed by atoms with Crippen LogP contribution < -0.4 is 4.72 Å². The molecule has 1 N–H and O–H groups in total. The van der Waals surface area contributed by atoms with E-state index in [2.05, 4.69) is 4.72 Å². The number of anilines is 1. The van der Waals surface area contributed by atoms with Crippen molar-refractivity contribution in [3.8, 4) is 0 Å². The minimum Gasteiger partial charge on any atom is -0.280 e. The number of fused-ring (bicyclic) bond motifs is 1. The predicted octanol–water partition coefficient (Wildman–Crippen LogP) is 4.50. The number of rotatable bonds is 5. The Labute approximate surface area is 193 Å². The fourth-order valence-electron chi connectivity index (χ4n) is 3.87. The molecule has 0 fully saturated rings. The van der Waals surface area contributed by atoms with E-state index >= 15 is 0 Å². The van der Waals surface area contributed by atoms with E-state index in [1.54, 1.807) is 43.3 Å². The lowest BCUT2D eigenvalue weighted by Gasteiger charge is -2.28. The van der Waals surface area contributed by atoms with Crippen LogP contribution in [0, 0.1) is 13.8 Å². The maximum absolute atomic E-state index is 13.0. The van der Waals surface area contributed by atoms with Gasteiger partial charge in [-0.05, 0) is 79.4 Å². The van der Waals surface area contributed by atoms with Gasteiger partial charge >= 0.3 is 0 Å². The van der Waals surface area contributed by atoms with Crippen molar-refractivity contribution in [2.45, 2.75) is 36.6 Å². The third-order valence-electron chi connectivity index (χ3n) is 5.51. The summed E-state index contributed by atoms with van der Waals surface area (Å²) < 4.78 is 55.9. The standard InChI is InChI=1S/C23H23ClN2O4S2/c1-16-3-10-23(17(2)13-16)31(27,28)25-21-7-4-18-11-12-26(15-19(18)14-21)32(29,30)22-8-5-20(24)6-9-22/h3-10,13-14,25H,11-12,15H2,1-2H3. The van der Waals surface area contributed by atoms with E-state index in [1.807, 2.05) is 19.1 Å². The highest BCUT2D eigenvalue weighted by Crippen LogP contribution is 2.29. The summed E-state index contributed by atoms with van der Waals surface area (Å²) in [5.74, 6) is 0. The Bertz CT molecular complexity index is 1390. The van der Waals surface area contributed by atoms with Crippen molar-refractivity contribution in [2.24, 2.45) is 0 Å². The molecule has 1 aliphatic rings. The first kappa shape index (κ1) is 22.8. The quantitative estimate of drug-likeness (QED) is 0.570. The van der Waals surface area contributed by atoms with E-state index in [9.17, 15) is 16.8 Å². The van der Waals surface area contributed by atoms with Crippen LogP contribution in [-0.2, 0) is 33.0 Å². The molecule has 0 atom stereocenters. The molecule has 0 unspecified atom stereocenters. The van der Waals surface area contributed by atoms with Gasteiger partial charge in [0.25, 0.3) is 10.0 Å². The number of sulfonamides is 2. The molecule has 168 valence electrons. The summed E-state index contributed by atoms with van der Waals surface area (Å²) in [4.78, 5) is 0.393. The van der Waals surface area contributed by atoms with Crippen LogP contribution >= 0.6 is 11.6 Å². The third-order valence-corrected chi connectivity index (χ3v) is 9.16. The number of nitrogens with one attached hydrogen (secondary N) is 1. The predicted molar refractivity (Wildman–Crippen MR) is 126 cm³/mol. The highest BCUT2D eigenvalue weighted by molar-refractivity contribution is 7.92. The van der Waals surface area contributed by atoms with Crippen LogP contribution in [0.15, 0.2) is 70.5 Å². The first-order valence-electron chi connectivity index (χ1n) is 10.0. The van der Waals surface area contributed by atoms with Crippen LogP contribution in [0.5, 0.6) is 0 Å². The fourth-order valence-corrected chi connectivity index (χ4v) is 6.69. The Kier molecular flexibility index (Phi) is 6.06. The molecule has 9 heteroatoms. The lowest BCUT2D eigenvalue weighted by molar-refractivity contribution is 0.391. The Morgan fingerprint density at radius 3 is 2.28 bits per heavy atom. The van der Waals surface area contributed by atoms with Crippen LogP contribution in [0.4, 0.5) is 5.69 Å². The van der Waals surface area contributed by atoms with Gasteiger partial charge in [0.15, 0.2) is 0 Å². The number of hydrogen-bond donors (Lipinski definition) is 1. The third kappa shape index (κ3) is 4.54. The van der Waals surface area contributed by atoms with Crippen LogP contribution in [0.3, 0.4) is 0 Å². The zero-order chi connectivity index (χ0) is 23.1. The zero-order valence-electron chi connectivity index (χ0n) is 17.7. The topological polar surface area (TPSA) is 83.6 Å². The highest BCUT2D eigenvalue weighted by Gasteiger charge is 2.28. The van der Waals surface area contributed by atoms with Crippen molar-refractivity contribution >= 4 is 37.3 Å². The summed E-state index contributed by atoms with van der Waals surface area (Å²) in [5, 5.41) is 0.466. The summed E-state index contributed by atoms with van der Waals surface area (Å²) in [6.07, 6.45) is 0.548. The molecular weight excluding hydrogens is 468 g/mol. The second kappa shape index (κ2) is 8.51. The van der Waals surface area contributed by atoms with Crippen molar-refractivity contribution in [3.63, 3.8) is 0 Å². The molecule has 0 saturated heterocycles. The lowest BCUT2D eigenvalue weighted by atomic mass is 10.0. The SMILES string of the molecule is Cc1ccc(S(=O)(=O)Nc2ccc3c(c2)CN(S(=O)(=O)c2ccc(Cl)cc2)CC3)c(C)c1. The van der Waals surface area contributed by atoms with Gasteiger partial charge < -0.3 is 0 Å². The van der Waals surface area contributed by atoms with Crippen molar-refractivity contribution in [3.05, 3.63) is 87.9 Å². The number of halogens is 1. The maximum Gasteiger partial charge on any atom is 0.262 e. The molecule has 0 saturated carbocycles. The molecule has 1 heterocycles. The van der Waals surface area contributed by atoms with Gasteiger partial charge in [-0.3, -0.25) is 4.72 Å². The minimum atomic E-state index is -3.77. The summed E-state index contributed by atoms with van der Waals surface area (Å²) in [7, 11) is -7.46. The van der Waals surface area contributed by atoms with Crippen molar-refractivity contribution in [1.82, 2.24) is 4.31 Å². The van der Waals surface area contributed by atoms with E-state index in [0.717, 1.165) is 16.7 Å². The molecule has 0 aliphatic carbocycles. The van der Waals surface area contributed by atoms with E-state index in [1.165, 1.54) is 16.4 Å². The first-order chi connectivity index (χ1) is 15.1. The van der Waals surface area contributed by atoms with Gasteiger partial charge in [0.2, 0.25) is 10.0 Å². The Hall–Kier alpha value is -2.39. The van der Waals surface area contributed by atoms with Crippen molar-refractivity contribution in [1.29, 1.82) is 0 Å². The Morgan fingerprint density at radius 1 is 0.875 bits per heavy atom. The molecule has 32 heavy (non-hydrogen) atoms. The molecule has 0 spiro atoms. The van der Waals surface area contributed by atoms with E-state index in [4.69, 9.17) is 11.6 Å². The highest BCUT2D eigenvalue weighted by atomic mass is 35.5. The van der Waals surface area contributed by atoms with Gasteiger partial charge in [-0.25, -0.2) is 16.8 Å². The van der Waals surface area contributed by atoms with Gasteiger partial charge in [0, 0.05) is 23.8 Å². The summed E-state index contributed by atoms with van der Waals surface area (Å²) >= 11 is 5.88. The number of aryl methyl sites for hydroxylation is 2. The molecule has 0 radical (unpaired) electrons. The van der Waals surface area contributed by atoms with Gasteiger partial charge in [0.1, 0.15) is 0 Å². The van der Waals surface area contributed by atoms with Crippen molar-refractivity contribution < 1.29 is 16.8 Å². The van der Waals surface area contributed by atoms with Crippen LogP contribution in [-0.4, -0.2) is 27.7 Å². The smallest absolute Gasteiger partial charge is 0.262 e. The second-order valence-corrected chi connectivity index (χ2v) is 11.9. The molecule has 4 rings (SSSR count). The normalized spacial score (nSPS) is 14.7. The van der Waals surface area contributed by atoms with Gasteiger partial charge in [-0.15, -0.1) is 0 Å². The van der Waals surface area contributed by atoms with Crippen LogP contribution in [0.1, 0.15) is 22.3 Å². The van der Waals surface area contributed by atoms with Crippen molar-refractivity contribution in [2.75, 3.05) is 11.3 Å². The second-order valence-electron chi connectivity index (χ2n) is 7.90. The number of nitrogens with zero attached hydrogens (tertiary/aromatic N) is 1. The summed E-state index contributed by atoms with van der Waals surface area (Å²) in [6, 6.07) is 16.5. The molecule has 0 amide bonds. The molecule has 3 aromatic rings. The lowest BCUT2D eigenvalue weighted by Crippen LogP contribution is -2.36. The molecular formula is C23H23ClN2O4S2. The maximum atomic E-state index is 13.0. The average Bonchev–Trinajstić information content (AvgIpc) is 2.73. The number of hydrogen-bond acceptors (Lipinski definition) is 4. The summed E-state index contributed by atoms with van der Waals surface area (Å²) in [6.45, 7) is 4.18. The van der Waals surface area contributed by atoms with Gasteiger partial charge in [0.05, 0.1) is 9.79 Å². The molecule has 0 aromatic heterocycles.